The molecule has 0 N–H and O–H groups in total. The summed E-state index contributed by atoms with van der Waals surface area (Å²) in [7, 11) is 0. The van der Waals surface area contributed by atoms with Crippen LogP contribution in [0.1, 0.15) is 52.0 Å². The molecule has 0 aromatic heterocycles. The van der Waals surface area contributed by atoms with Crippen molar-refractivity contribution in [2.24, 2.45) is 5.41 Å². The van der Waals surface area contributed by atoms with Gasteiger partial charge in [-0.25, -0.2) is 0 Å². The summed E-state index contributed by atoms with van der Waals surface area (Å²) in [5.74, 6) is 0.149. The van der Waals surface area contributed by atoms with E-state index in [-0.39, 0.29) is 5.92 Å². The predicted molar refractivity (Wildman–Crippen MR) is 80.0 cm³/mol. The molecule has 1 aromatic rings. The fraction of sp³-hybridized carbons (Fsp3) is 0.500. The largest absolute Gasteiger partial charge is 0.425 e. The van der Waals surface area contributed by atoms with Gasteiger partial charge in [0.05, 0.1) is 0 Å². The number of para-hydroxylation sites is 1. The molecule has 0 bridgehead atoms. The first kappa shape index (κ1) is 16.7. The van der Waals surface area contributed by atoms with Crippen LogP contribution in [0.15, 0.2) is 24.3 Å². The van der Waals surface area contributed by atoms with Gasteiger partial charge in [-0.1, -0.05) is 45.9 Å². The molecule has 0 spiro atoms. The lowest BCUT2D eigenvalue weighted by atomic mass is 9.84. The molecule has 0 saturated carbocycles. The summed E-state index contributed by atoms with van der Waals surface area (Å²) in [4.78, 5) is 24.0. The maximum Gasteiger partial charge on any atom is 0.326 e. The summed E-state index contributed by atoms with van der Waals surface area (Å²) in [5, 5.41) is -0.658. The maximum atomic E-state index is 12.4. The molecule has 1 rings (SSSR count). The minimum Gasteiger partial charge on any atom is -0.425 e. The fourth-order valence-corrected chi connectivity index (χ4v) is 2.49. The van der Waals surface area contributed by atoms with Crippen LogP contribution in [0.4, 0.5) is 0 Å². The Bertz CT molecular complexity index is 490. The Morgan fingerprint density at radius 3 is 2.20 bits per heavy atom. The molecule has 0 heterocycles. The van der Waals surface area contributed by atoms with Crippen LogP contribution in [0.3, 0.4) is 0 Å². The number of ether oxygens (including phenoxy) is 1. The van der Waals surface area contributed by atoms with Gasteiger partial charge >= 0.3 is 5.97 Å². The highest BCUT2D eigenvalue weighted by Crippen LogP contribution is 2.34. The minimum atomic E-state index is -1.26. The van der Waals surface area contributed by atoms with Gasteiger partial charge in [0.25, 0.3) is 0 Å². The highest BCUT2D eigenvalue weighted by Gasteiger charge is 2.43. The Kier molecular flexibility index (Phi) is 5.75. The van der Waals surface area contributed by atoms with Crippen LogP contribution < -0.4 is 4.74 Å². The molecule has 0 aliphatic heterocycles. The lowest BCUT2D eigenvalue weighted by molar-refractivity contribution is -0.150. The van der Waals surface area contributed by atoms with Crippen molar-refractivity contribution in [1.82, 2.24) is 0 Å². The maximum absolute atomic E-state index is 12.4. The average molecular weight is 297 g/mol. The minimum absolute atomic E-state index is 0.225. The van der Waals surface area contributed by atoms with Crippen LogP contribution in [-0.2, 0) is 9.59 Å². The van der Waals surface area contributed by atoms with Gasteiger partial charge in [-0.2, -0.15) is 0 Å². The predicted octanol–water partition coefficient (Wildman–Crippen LogP) is 4.29. The van der Waals surface area contributed by atoms with E-state index in [2.05, 4.69) is 0 Å². The molecular weight excluding hydrogens is 276 g/mol. The molecule has 0 atom stereocenters. The van der Waals surface area contributed by atoms with Crippen LogP contribution in [0.5, 0.6) is 5.75 Å². The molecule has 20 heavy (non-hydrogen) atoms. The van der Waals surface area contributed by atoms with E-state index < -0.39 is 16.6 Å². The van der Waals surface area contributed by atoms with Crippen LogP contribution in [0.25, 0.3) is 0 Å². The number of carbonyl (C=O) groups excluding carboxylic acids is 2. The summed E-state index contributed by atoms with van der Waals surface area (Å²) in [6.45, 7) is 7.57. The van der Waals surface area contributed by atoms with E-state index >= 15 is 0 Å². The number of benzene rings is 1. The third kappa shape index (κ3) is 3.21. The summed E-state index contributed by atoms with van der Waals surface area (Å²) >= 11 is 5.62. The quantitative estimate of drug-likeness (QED) is 0.340. The summed E-state index contributed by atoms with van der Waals surface area (Å²) in [5.41, 5.74) is -0.324. The average Bonchev–Trinajstić information content (AvgIpc) is 2.40. The van der Waals surface area contributed by atoms with E-state index in [4.69, 9.17) is 16.3 Å². The third-order valence-electron chi connectivity index (χ3n) is 3.72. The summed E-state index contributed by atoms with van der Waals surface area (Å²) in [6, 6.07) is 7.35. The fourth-order valence-electron chi connectivity index (χ4n) is 2.14. The van der Waals surface area contributed by atoms with Gasteiger partial charge in [0.1, 0.15) is 11.2 Å². The van der Waals surface area contributed by atoms with Crippen molar-refractivity contribution in [3.8, 4) is 5.75 Å². The lowest BCUT2D eigenvalue weighted by Crippen LogP contribution is -2.39. The Morgan fingerprint density at radius 1 is 1.20 bits per heavy atom. The van der Waals surface area contributed by atoms with Crippen LogP contribution in [0, 0.1) is 5.41 Å². The topological polar surface area (TPSA) is 43.4 Å². The van der Waals surface area contributed by atoms with E-state index in [0.717, 1.165) is 5.56 Å². The number of hydrogen-bond donors (Lipinski definition) is 0. The lowest BCUT2D eigenvalue weighted by Gasteiger charge is -2.25. The number of hydrogen-bond acceptors (Lipinski definition) is 3. The Hall–Kier alpha value is -1.35. The van der Waals surface area contributed by atoms with Gasteiger partial charge in [-0.15, -0.1) is 0 Å². The molecular formula is C16H21ClO3. The van der Waals surface area contributed by atoms with Crippen LogP contribution in [-0.4, -0.2) is 11.2 Å². The monoisotopic (exact) mass is 296 g/mol. The molecule has 0 aliphatic carbocycles. The molecule has 3 nitrogen and oxygen atoms in total. The first-order valence-corrected chi connectivity index (χ1v) is 7.28. The highest BCUT2D eigenvalue weighted by atomic mass is 35.5. The Balaban J connectivity index is 3.09. The number of halogens is 1. The number of esters is 1. The molecule has 0 radical (unpaired) electrons. The molecule has 0 amide bonds. The number of carbonyl (C=O) groups is 2. The third-order valence-corrected chi connectivity index (χ3v) is 4.08. The zero-order valence-electron chi connectivity index (χ0n) is 12.4. The van der Waals surface area contributed by atoms with Crippen molar-refractivity contribution in [3.63, 3.8) is 0 Å². The van der Waals surface area contributed by atoms with Crippen LogP contribution in [0.2, 0.25) is 0 Å². The van der Waals surface area contributed by atoms with Gasteiger partial charge in [0, 0.05) is 0 Å². The van der Waals surface area contributed by atoms with E-state index in [1.54, 1.807) is 26.0 Å². The summed E-state index contributed by atoms with van der Waals surface area (Å²) < 4.78 is 5.47. The van der Waals surface area contributed by atoms with E-state index in [9.17, 15) is 9.59 Å². The van der Waals surface area contributed by atoms with Crippen LogP contribution >= 0.6 is 11.6 Å². The molecule has 4 heteroatoms. The van der Waals surface area contributed by atoms with Gasteiger partial charge in [0.2, 0.25) is 5.24 Å². The second-order valence-corrected chi connectivity index (χ2v) is 5.49. The standard InChI is InChI=1S/C16H21ClO3/c1-5-16(6-2,14(17)18)15(19)20-13-10-8-7-9-12(13)11(3)4/h7-11H,5-6H2,1-4H3. The zero-order chi connectivity index (χ0) is 15.3. The Labute approximate surface area is 125 Å². The van der Waals surface area contributed by atoms with Gasteiger partial charge < -0.3 is 4.74 Å². The van der Waals surface area contributed by atoms with Gasteiger partial charge in [-0.3, -0.25) is 9.59 Å². The van der Waals surface area contributed by atoms with E-state index in [1.807, 2.05) is 26.0 Å². The van der Waals surface area contributed by atoms with Crippen molar-refractivity contribution < 1.29 is 14.3 Å². The second kappa shape index (κ2) is 6.89. The van der Waals surface area contributed by atoms with Crippen molar-refractivity contribution in [3.05, 3.63) is 29.8 Å². The van der Waals surface area contributed by atoms with Crippen molar-refractivity contribution in [2.45, 2.75) is 46.5 Å². The van der Waals surface area contributed by atoms with Gasteiger partial charge in [0.15, 0.2) is 0 Å². The first-order valence-electron chi connectivity index (χ1n) is 6.90. The van der Waals surface area contributed by atoms with Crippen molar-refractivity contribution >= 4 is 22.8 Å². The molecule has 110 valence electrons. The van der Waals surface area contributed by atoms with Crippen molar-refractivity contribution in [1.29, 1.82) is 0 Å². The van der Waals surface area contributed by atoms with Gasteiger partial charge in [-0.05, 0) is 42.0 Å². The summed E-state index contributed by atoms with van der Waals surface area (Å²) in [6.07, 6.45) is 0.656. The highest BCUT2D eigenvalue weighted by molar-refractivity contribution is 6.66. The van der Waals surface area contributed by atoms with Crippen molar-refractivity contribution in [2.75, 3.05) is 0 Å². The Morgan fingerprint density at radius 2 is 1.75 bits per heavy atom. The number of rotatable bonds is 6. The van der Waals surface area contributed by atoms with E-state index in [1.165, 1.54) is 0 Å². The first-order chi connectivity index (χ1) is 9.39. The molecule has 0 unspecified atom stereocenters. The zero-order valence-corrected chi connectivity index (χ0v) is 13.2. The molecule has 0 saturated heterocycles. The normalized spacial score (nSPS) is 11.5. The molecule has 0 fully saturated rings. The smallest absolute Gasteiger partial charge is 0.326 e. The SMILES string of the molecule is CCC(CC)(C(=O)Cl)C(=O)Oc1ccccc1C(C)C. The second-order valence-electron chi connectivity index (χ2n) is 5.14. The van der Waals surface area contributed by atoms with E-state index in [0.29, 0.717) is 18.6 Å². The molecule has 0 aliphatic rings. The molecule has 1 aromatic carbocycles.